The van der Waals surface area contributed by atoms with Crippen molar-refractivity contribution < 1.29 is 19.1 Å². The van der Waals surface area contributed by atoms with Crippen LogP contribution in [0.2, 0.25) is 5.02 Å². The minimum Gasteiger partial charge on any atom is -0.465 e. The van der Waals surface area contributed by atoms with Crippen LogP contribution in [0.5, 0.6) is 0 Å². The summed E-state index contributed by atoms with van der Waals surface area (Å²) in [5, 5.41) is 14.7. The molecule has 33 heavy (non-hydrogen) atoms. The standard InChI is InChI=1S/C22H22ClN5O4S/c1-13(24-20(30)14-8-4-6-10-16(14)23)19-26-27-22(28(19)2)33-12-18(29)25-17-11-7-5-9-15(17)21(31)32-3/h4-11,13H,12H2,1-3H3,(H,24,30)(H,25,29)/t13-/m0/s1. The van der Waals surface area contributed by atoms with Crippen LogP contribution in [-0.2, 0) is 16.6 Å². The lowest BCUT2D eigenvalue weighted by atomic mass is 10.2. The second-order valence-corrected chi connectivity index (χ2v) is 8.30. The number of ether oxygens (including phenoxy) is 1. The predicted octanol–water partition coefficient (Wildman–Crippen LogP) is 3.48. The summed E-state index contributed by atoms with van der Waals surface area (Å²) in [6.07, 6.45) is 0. The van der Waals surface area contributed by atoms with Gasteiger partial charge >= 0.3 is 5.97 Å². The van der Waals surface area contributed by atoms with Gasteiger partial charge in [-0.2, -0.15) is 0 Å². The molecular formula is C22H22ClN5O4S. The van der Waals surface area contributed by atoms with Crippen LogP contribution in [0.25, 0.3) is 0 Å². The minimum absolute atomic E-state index is 0.0435. The molecule has 0 fully saturated rings. The molecule has 1 aromatic heterocycles. The van der Waals surface area contributed by atoms with Gasteiger partial charge in [0.25, 0.3) is 5.91 Å². The topological polar surface area (TPSA) is 115 Å². The van der Waals surface area contributed by atoms with E-state index in [1.165, 1.54) is 18.9 Å². The average Bonchev–Trinajstić information content (AvgIpc) is 3.18. The molecule has 0 radical (unpaired) electrons. The van der Waals surface area contributed by atoms with Gasteiger partial charge in [0.2, 0.25) is 5.91 Å². The van der Waals surface area contributed by atoms with Crippen molar-refractivity contribution in [3.05, 3.63) is 70.5 Å². The first-order valence-corrected chi connectivity index (χ1v) is 11.2. The van der Waals surface area contributed by atoms with Gasteiger partial charge in [-0.3, -0.25) is 9.59 Å². The highest BCUT2D eigenvalue weighted by molar-refractivity contribution is 7.99. The summed E-state index contributed by atoms with van der Waals surface area (Å²) in [6.45, 7) is 1.78. The third-order valence-electron chi connectivity index (χ3n) is 4.66. The Balaban J connectivity index is 1.61. The van der Waals surface area contributed by atoms with Crippen LogP contribution in [0.4, 0.5) is 5.69 Å². The lowest BCUT2D eigenvalue weighted by Crippen LogP contribution is -2.28. The number of hydrogen-bond acceptors (Lipinski definition) is 7. The maximum Gasteiger partial charge on any atom is 0.339 e. The maximum absolute atomic E-state index is 12.5. The Hall–Kier alpha value is -3.37. The average molecular weight is 488 g/mol. The molecule has 0 aliphatic rings. The predicted molar refractivity (Wildman–Crippen MR) is 125 cm³/mol. The normalized spacial score (nSPS) is 11.5. The maximum atomic E-state index is 12.5. The first-order valence-electron chi connectivity index (χ1n) is 9.86. The second kappa shape index (κ2) is 11.0. The number of thioether (sulfide) groups is 1. The number of halogens is 1. The van der Waals surface area contributed by atoms with Gasteiger partial charge < -0.3 is 19.9 Å². The van der Waals surface area contributed by atoms with Gasteiger partial charge in [0.1, 0.15) is 0 Å². The molecule has 2 aromatic carbocycles. The Kier molecular flexibility index (Phi) is 8.07. The second-order valence-electron chi connectivity index (χ2n) is 6.95. The Morgan fingerprint density at radius 3 is 2.45 bits per heavy atom. The number of carbonyl (C=O) groups is 3. The van der Waals surface area contributed by atoms with E-state index in [1.807, 2.05) is 0 Å². The largest absolute Gasteiger partial charge is 0.465 e. The number of nitrogens with zero attached hydrogens (tertiary/aromatic N) is 3. The number of methoxy groups -OCH3 is 1. The van der Waals surface area contributed by atoms with E-state index in [4.69, 9.17) is 16.3 Å². The highest BCUT2D eigenvalue weighted by Crippen LogP contribution is 2.22. The van der Waals surface area contributed by atoms with E-state index in [0.717, 1.165) is 0 Å². The summed E-state index contributed by atoms with van der Waals surface area (Å²) < 4.78 is 6.44. The van der Waals surface area contributed by atoms with E-state index in [0.29, 0.717) is 27.3 Å². The zero-order valence-electron chi connectivity index (χ0n) is 18.2. The van der Waals surface area contributed by atoms with E-state index in [9.17, 15) is 14.4 Å². The van der Waals surface area contributed by atoms with Crippen molar-refractivity contribution in [3.8, 4) is 0 Å². The first kappa shape index (κ1) is 24.3. The van der Waals surface area contributed by atoms with Crippen LogP contribution in [0.15, 0.2) is 53.7 Å². The quantitative estimate of drug-likeness (QED) is 0.369. The number of benzene rings is 2. The number of para-hydroxylation sites is 1. The number of nitrogens with one attached hydrogen (secondary N) is 2. The van der Waals surface area contributed by atoms with Crippen LogP contribution in [-0.4, -0.2) is 45.4 Å². The summed E-state index contributed by atoms with van der Waals surface area (Å²) in [5.74, 6) is -0.615. The van der Waals surface area contributed by atoms with Gasteiger partial charge in [-0.25, -0.2) is 4.79 Å². The Labute approximate surface area is 199 Å². The summed E-state index contributed by atoms with van der Waals surface area (Å²) in [5.41, 5.74) is 0.999. The molecule has 0 aliphatic carbocycles. The zero-order chi connectivity index (χ0) is 24.0. The number of anilines is 1. The smallest absolute Gasteiger partial charge is 0.339 e. The van der Waals surface area contributed by atoms with Crippen LogP contribution < -0.4 is 10.6 Å². The first-order chi connectivity index (χ1) is 15.8. The van der Waals surface area contributed by atoms with E-state index in [1.54, 1.807) is 67.1 Å². The van der Waals surface area contributed by atoms with Crippen LogP contribution in [0, 0.1) is 0 Å². The summed E-state index contributed by atoms with van der Waals surface area (Å²) in [4.78, 5) is 36.8. The fraction of sp³-hybridized carbons (Fsp3) is 0.227. The molecule has 9 nitrogen and oxygen atoms in total. The van der Waals surface area contributed by atoms with E-state index in [-0.39, 0.29) is 23.1 Å². The monoisotopic (exact) mass is 487 g/mol. The lowest BCUT2D eigenvalue weighted by Gasteiger charge is -2.14. The van der Waals surface area contributed by atoms with Gasteiger partial charge in [0.15, 0.2) is 11.0 Å². The van der Waals surface area contributed by atoms with Crippen molar-refractivity contribution in [3.63, 3.8) is 0 Å². The highest BCUT2D eigenvalue weighted by Gasteiger charge is 2.20. The van der Waals surface area contributed by atoms with Gasteiger partial charge in [-0.1, -0.05) is 47.6 Å². The Bertz CT molecular complexity index is 1180. The van der Waals surface area contributed by atoms with Crippen molar-refractivity contribution in [2.75, 3.05) is 18.2 Å². The van der Waals surface area contributed by atoms with Crippen molar-refractivity contribution in [2.45, 2.75) is 18.1 Å². The van der Waals surface area contributed by atoms with E-state index >= 15 is 0 Å². The molecule has 0 bridgehead atoms. The Morgan fingerprint density at radius 1 is 1.09 bits per heavy atom. The molecule has 3 aromatic rings. The number of rotatable bonds is 8. The molecule has 0 saturated carbocycles. The molecule has 3 rings (SSSR count). The SMILES string of the molecule is COC(=O)c1ccccc1NC(=O)CSc1nnc([C@H](C)NC(=O)c2ccccc2Cl)n1C. The van der Waals surface area contributed by atoms with Crippen molar-refractivity contribution in [1.82, 2.24) is 20.1 Å². The molecule has 0 unspecified atom stereocenters. The van der Waals surface area contributed by atoms with Crippen LogP contribution in [0.3, 0.4) is 0 Å². The van der Waals surface area contributed by atoms with Gasteiger partial charge in [0.05, 0.1) is 40.7 Å². The molecule has 1 heterocycles. The summed E-state index contributed by atoms with van der Waals surface area (Å²) in [7, 11) is 3.03. The van der Waals surface area contributed by atoms with Crippen molar-refractivity contribution in [2.24, 2.45) is 7.05 Å². The van der Waals surface area contributed by atoms with Crippen LogP contribution >= 0.6 is 23.4 Å². The molecule has 2 N–H and O–H groups in total. The molecule has 0 spiro atoms. The lowest BCUT2D eigenvalue weighted by molar-refractivity contribution is -0.113. The Morgan fingerprint density at radius 2 is 1.76 bits per heavy atom. The molecule has 172 valence electrons. The van der Waals surface area contributed by atoms with Crippen LogP contribution in [0.1, 0.15) is 39.5 Å². The molecule has 2 amide bonds. The van der Waals surface area contributed by atoms with Gasteiger partial charge in [-0.05, 0) is 31.2 Å². The molecule has 0 saturated heterocycles. The third kappa shape index (κ3) is 5.91. The summed E-state index contributed by atoms with van der Waals surface area (Å²) >= 11 is 7.26. The minimum atomic E-state index is -0.538. The third-order valence-corrected chi connectivity index (χ3v) is 6.01. The number of aromatic nitrogens is 3. The van der Waals surface area contributed by atoms with Crippen molar-refractivity contribution in [1.29, 1.82) is 0 Å². The van der Waals surface area contributed by atoms with Gasteiger partial charge in [-0.15, -0.1) is 10.2 Å². The number of esters is 1. The number of amides is 2. The van der Waals surface area contributed by atoms with Gasteiger partial charge in [0, 0.05) is 7.05 Å². The fourth-order valence-corrected chi connectivity index (χ4v) is 3.95. The number of hydrogen-bond donors (Lipinski definition) is 2. The highest BCUT2D eigenvalue weighted by atomic mass is 35.5. The molecule has 0 aliphatic heterocycles. The van der Waals surface area contributed by atoms with E-state index < -0.39 is 12.0 Å². The molecule has 11 heteroatoms. The number of carbonyl (C=O) groups excluding carboxylic acids is 3. The summed E-state index contributed by atoms with van der Waals surface area (Å²) in [6, 6.07) is 12.9. The van der Waals surface area contributed by atoms with Crippen molar-refractivity contribution >= 4 is 46.8 Å². The molecule has 1 atom stereocenters. The molecular weight excluding hydrogens is 466 g/mol. The fourth-order valence-electron chi connectivity index (χ4n) is 3.01. The zero-order valence-corrected chi connectivity index (χ0v) is 19.7. The van der Waals surface area contributed by atoms with E-state index in [2.05, 4.69) is 20.8 Å².